The number of halogens is 3. The third kappa shape index (κ3) is 3.76. The van der Waals surface area contributed by atoms with Crippen molar-refractivity contribution < 1.29 is 18.3 Å². The molecule has 162 valence electrons. The maximum absolute atomic E-state index is 13.7. The van der Waals surface area contributed by atoms with Crippen molar-refractivity contribution in [2.24, 2.45) is 27.6 Å². The molecule has 0 radical (unpaired) electrons. The van der Waals surface area contributed by atoms with Gasteiger partial charge < -0.3 is 15.7 Å². The van der Waals surface area contributed by atoms with Gasteiger partial charge in [0.2, 0.25) is 0 Å². The van der Waals surface area contributed by atoms with Crippen LogP contribution in [0.2, 0.25) is 0 Å². The van der Waals surface area contributed by atoms with Crippen molar-refractivity contribution in [3.05, 3.63) is 36.0 Å². The van der Waals surface area contributed by atoms with Crippen LogP contribution in [0.1, 0.15) is 32.3 Å². The second kappa shape index (κ2) is 7.46. The number of fused-ring (bicyclic) bond motifs is 1. The van der Waals surface area contributed by atoms with Crippen LogP contribution in [0, 0.1) is 11.8 Å². The Balaban J connectivity index is 1.63. The second-order valence-electron chi connectivity index (χ2n) is 8.75. The van der Waals surface area contributed by atoms with Crippen LogP contribution in [0.5, 0.6) is 0 Å². The molecule has 4 unspecified atom stereocenters. The molecule has 3 N–H and O–H groups in total. The fourth-order valence-corrected chi connectivity index (χ4v) is 4.51. The van der Waals surface area contributed by atoms with Gasteiger partial charge in [-0.1, -0.05) is 19.9 Å². The first kappa shape index (κ1) is 21.0. The van der Waals surface area contributed by atoms with Gasteiger partial charge in [-0.15, -0.1) is 0 Å². The molecule has 4 heterocycles. The Kier molecular flexibility index (Phi) is 5.22. The Morgan fingerprint density at radius 1 is 1.37 bits per heavy atom. The van der Waals surface area contributed by atoms with Crippen molar-refractivity contribution >= 4 is 17.4 Å². The molecule has 3 aliphatic heterocycles. The molecule has 4 rings (SSSR count). The van der Waals surface area contributed by atoms with Crippen LogP contribution in [0.25, 0.3) is 0 Å². The summed E-state index contributed by atoms with van der Waals surface area (Å²) in [5.41, 5.74) is 5.98. The molecule has 0 aliphatic carbocycles. The van der Waals surface area contributed by atoms with Gasteiger partial charge in [0.25, 0.3) is 0 Å². The maximum Gasteiger partial charge on any atom is 0.397 e. The smallest absolute Gasteiger partial charge is 0.386 e. The average molecular weight is 421 g/mol. The molecule has 0 amide bonds. The van der Waals surface area contributed by atoms with Gasteiger partial charge >= 0.3 is 6.18 Å². The Hall–Kier alpha value is -2.26. The Morgan fingerprint density at radius 2 is 2.13 bits per heavy atom. The highest BCUT2D eigenvalue weighted by atomic mass is 19.4. The summed E-state index contributed by atoms with van der Waals surface area (Å²) in [6.45, 7) is 4.78. The fourth-order valence-electron chi connectivity index (χ4n) is 4.51. The molecule has 30 heavy (non-hydrogen) atoms. The normalized spacial score (nSPS) is 31.2. The highest BCUT2D eigenvalue weighted by molar-refractivity contribution is 6.16. The van der Waals surface area contributed by atoms with Crippen molar-refractivity contribution in [3.8, 4) is 0 Å². The van der Waals surface area contributed by atoms with Crippen LogP contribution >= 0.6 is 0 Å². The molecule has 4 atom stereocenters. The molecule has 6 nitrogen and oxygen atoms in total. The van der Waals surface area contributed by atoms with Gasteiger partial charge in [0.05, 0.1) is 11.3 Å². The largest absolute Gasteiger partial charge is 0.397 e. The van der Waals surface area contributed by atoms with Crippen LogP contribution in [0.3, 0.4) is 0 Å². The number of piperidine rings is 1. The number of amidine groups is 1. The standard InChI is InChI=1S/C21H26F3N5O/c1-12(2)10-20(30)11-29(9-7-15(20)25)16-6-5-14(21(22,23)24)18(27-16)17-13-4-3-8-26-19(13)28-17/h3-6,8,12,14-15,18,30H,7,9-11,25H2,1-2H3. The molecule has 1 fully saturated rings. The van der Waals surface area contributed by atoms with Gasteiger partial charge in [0.15, 0.2) is 5.82 Å². The number of hydrogen-bond acceptors (Lipinski definition) is 6. The third-order valence-corrected chi connectivity index (χ3v) is 5.96. The van der Waals surface area contributed by atoms with Gasteiger partial charge in [-0.3, -0.25) is 4.99 Å². The van der Waals surface area contributed by atoms with Crippen LogP contribution in [-0.4, -0.2) is 63.5 Å². The summed E-state index contributed by atoms with van der Waals surface area (Å²) in [5.74, 6) is -0.653. The van der Waals surface area contributed by atoms with Crippen molar-refractivity contribution in [1.29, 1.82) is 0 Å². The Morgan fingerprint density at radius 3 is 2.80 bits per heavy atom. The number of nitrogens with zero attached hydrogens (tertiary/aromatic N) is 4. The predicted octanol–water partition coefficient (Wildman–Crippen LogP) is 2.84. The zero-order chi connectivity index (χ0) is 21.7. The minimum atomic E-state index is -4.45. The molecule has 1 aromatic rings. The lowest BCUT2D eigenvalue weighted by atomic mass is 9.81. The fraction of sp³-hybridized carbons (Fsp3) is 0.571. The monoisotopic (exact) mass is 421 g/mol. The van der Waals surface area contributed by atoms with E-state index in [-0.39, 0.29) is 18.5 Å². The number of aromatic nitrogens is 1. The first-order valence-electron chi connectivity index (χ1n) is 10.2. The van der Waals surface area contributed by atoms with Crippen LogP contribution in [-0.2, 0) is 0 Å². The predicted molar refractivity (Wildman–Crippen MR) is 109 cm³/mol. The zero-order valence-electron chi connectivity index (χ0n) is 17.0. The maximum atomic E-state index is 13.7. The van der Waals surface area contributed by atoms with E-state index < -0.39 is 23.7 Å². The second-order valence-corrected chi connectivity index (χ2v) is 8.75. The van der Waals surface area contributed by atoms with E-state index in [1.807, 2.05) is 18.7 Å². The number of β-amino-alcohol motifs (C(OH)–C–C–N with tert-alkyl or cyclic N) is 1. The summed E-state index contributed by atoms with van der Waals surface area (Å²) in [6.07, 6.45) is 0.728. The first-order valence-corrected chi connectivity index (χ1v) is 10.2. The molecule has 1 saturated heterocycles. The Labute approximate surface area is 173 Å². The number of likely N-dealkylation sites (tertiary alicyclic amines) is 1. The van der Waals surface area contributed by atoms with E-state index in [2.05, 4.69) is 15.0 Å². The molecule has 9 heteroatoms. The minimum absolute atomic E-state index is 0.237. The molecule has 1 aromatic heterocycles. The van der Waals surface area contributed by atoms with Crippen LogP contribution in [0.4, 0.5) is 19.0 Å². The summed E-state index contributed by atoms with van der Waals surface area (Å²) in [5, 5.41) is 11.1. The lowest BCUT2D eigenvalue weighted by Gasteiger charge is -2.46. The van der Waals surface area contributed by atoms with Crippen molar-refractivity contribution in [2.75, 3.05) is 13.1 Å². The van der Waals surface area contributed by atoms with Gasteiger partial charge in [-0.25, -0.2) is 9.98 Å². The number of dihydropyridines is 1. The summed E-state index contributed by atoms with van der Waals surface area (Å²) in [4.78, 5) is 14.6. The van der Waals surface area contributed by atoms with Gasteiger partial charge in [0.1, 0.15) is 17.8 Å². The Bertz CT molecular complexity index is 910. The van der Waals surface area contributed by atoms with E-state index in [1.165, 1.54) is 6.08 Å². The number of aliphatic hydroxyl groups is 1. The molecule has 0 aromatic carbocycles. The van der Waals surface area contributed by atoms with Crippen molar-refractivity contribution in [3.63, 3.8) is 0 Å². The topological polar surface area (TPSA) is 87.1 Å². The number of pyridine rings is 1. The average Bonchev–Trinajstić information content (AvgIpc) is 2.63. The van der Waals surface area contributed by atoms with E-state index in [0.29, 0.717) is 42.3 Å². The van der Waals surface area contributed by atoms with Crippen LogP contribution in [0.15, 0.2) is 40.5 Å². The first-order chi connectivity index (χ1) is 14.1. The molecule has 0 spiro atoms. The summed E-state index contributed by atoms with van der Waals surface area (Å²) in [7, 11) is 0. The highest BCUT2D eigenvalue weighted by Gasteiger charge is 2.49. The molecular weight excluding hydrogens is 395 g/mol. The number of nitrogens with two attached hydrogens (primary N) is 1. The van der Waals surface area contributed by atoms with E-state index in [4.69, 9.17) is 5.73 Å². The van der Waals surface area contributed by atoms with E-state index in [9.17, 15) is 18.3 Å². The third-order valence-electron chi connectivity index (χ3n) is 5.96. The number of hydrogen-bond donors (Lipinski definition) is 2. The summed E-state index contributed by atoms with van der Waals surface area (Å²) in [6, 6.07) is 1.84. The van der Waals surface area contributed by atoms with E-state index >= 15 is 0 Å². The van der Waals surface area contributed by atoms with Gasteiger partial charge in [0, 0.05) is 30.9 Å². The summed E-state index contributed by atoms with van der Waals surface area (Å²) < 4.78 is 41.1. The lowest BCUT2D eigenvalue weighted by Crippen LogP contribution is -2.62. The highest BCUT2D eigenvalue weighted by Crippen LogP contribution is 2.40. The van der Waals surface area contributed by atoms with Crippen molar-refractivity contribution in [1.82, 2.24) is 9.88 Å². The molecule has 0 saturated carbocycles. The number of alkyl halides is 3. The SMILES string of the molecule is CC(C)CC1(O)CN(C2=NC(C3=Nc4ncccc43)C(C(F)(F)F)C=C2)CCC1N. The van der Waals surface area contributed by atoms with Gasteiger partial charge in [-0.05, 0) is 37.0 Å². The number of rotatable bonds is 3. The van der Waals surface area contributed by atoms with E-state index in [0.717, 1.165) is 6.08 Å². The van der Waals surface area contributed by atoms with Crippen molar-refractivity contribution in [2.45, 2.75) is 50.6 Å². The minimum Gasteiger partial charge on any atom is -0.386 e. The summed E-state index contributed by atoms with van der Waals surface area (Å²) >= 11 is 0. The number of aliphatic imine (C=N–C) groups is 2. The van der Waals surface area contributed by atoms with Gasteiger partial charge in [-0.2, -0.15) is 13.2 Å². The molecular formula is C21H26F3N5O. The zero-order valence-corrected chi connectivity index (χ0v) is 17.0. The lowest BCUT2D eigenvalue weighted by molar-refractivity contribution is -0.162. The molecule has 0 bridgehead atoms. The van der Waals surface area contributed by atoms with E-state index in [1.54, 1.807) is 18.3 Å². The quantitative estimate of drug-likeness (QED) is 0.786. The molecule has 3 aliphatic rings. The van der Waals surface area contributed by atoms with Crippen LogP contribution < -0.4 is 5.73 Å².